The number of amides is 1. The molecule has 1 aliphatic heterocycles. The molecule has 0 fully saturated rings. The average molecular weight is 554 g/mol. The van der Waals surface area contributed by atoms with Crippen molar-refractivity contribution in [1.82, 2.24) is 4.90 Å². The summed E-state index contributed by atoms with van der Waals surface area (Å²) in [5.41, 5.74) is 0.691. The van der Waals surface area contributed by atoms with E-state index in [1.165, 1.54) is 26.4 Å². The van der Waals surface area contributed by atoms with Gasteiger partial charge in [0.1, 0.15) is 12.4 Å². The van der Waals surface area contributed by atoms with E-state index in [0.717, 1.165) is 4.90 Å². The third-order valence-electron chi connectivity index (χ3n) is 7.40. The van der Waals surface area contributed by atoms with E-state index < -0.39 is 41.3 Å². The second-order valence-electron chi connectivity index (χ2n) is 9.57. The maximum atomic E-state index is 14.3. The first-order valence-electron chi connectivity index (χ1n) is 13.0. The molecule has 0 aliphatic carbocycles. The van der Waals surface area contributed by atoms with Gasteiger partial charge in [-0.25, -0.2) is 18.8 Å². The van der Waals surface area contributed by atoms with E-state index in [0.29, 0.717) is 27.8 Å². The Morgan fingerprint density at radius 1 is 0.756 bits per heavy atom. The predicted octanol–water partition coefficient (Wildman–Crippen LogP) is 5.89. The molecule has 1 amide bonds. The Morgan fingerprint density at radius 2 is 1.34 bits per heavy atom. The normalized spacial score (nSPS) is 19.5. The minimum absolute atomic E-state index is 0.112. The summed E-state index contributed by atoms with van der Waals surface area (Å²) < 4.78 is 30.6. The summed E-state index contributed by atoms with van der Waals surface area (Å²) >= 11 is 0. The quantitative estimate of drug-likeness (QED) is 0.219. The van der Waals surface area contributed by atoms with Gasteiger partial charge in [0.25, 0.3) is 0 Å². The van der Waals surface area contributed by atoms with Crippen LogP contribution in [0.15, 0.2) is 109 Å². The number of fused-ring (bicyclic) bond motifs is 1. The van der Waals surface area contributed by atoms with Crippen LogP contribution in [0.4, 0.5) is 9.18 Å². The lowest BCUT2D eigenvalue weighted by molar-refractivity contribution is -0.165. The van der Waals surface area contributed by atoms with E-state index in [-0.39, 0.29) is 6.61 Å². The first-order valence-corrected chi connectivity index (χ1v) is 13.0. The van der Waals surface area contributed by atoms with Gasteiger partial charge in [-0.1, -0.05) is 97.1 Å². The van der Waals surface area contributed by atoms with Crippen molar-refractivity contribution >= 4 is 18.0 Å². The summed E-state index contributed by atoms with van der Waals surface area (Å²) in [4.78, 5) is 43.3. The number of methoxy groups -OCH3 is 2. The molecule has 7 nitrogen and oxygen atoms in total. The lowest BCUT2D eigenvalue weighted by Gasteiger charge is -2.52. The first kappa shape index (κ1) is 27.6. The molecule has 0 unspecified atom stereocenters. The number of hydrogen-bond acceptors (Lipinski definition) is 6. The Bertz CT molecular complexity index is 1540. The molecule has 0 bridgehead atoms. The molecule has 41 heavy (non-hydrogen) atoms. The van der Waals surface area contributed by atoms with Crippen LogP contribution in [-0.2, 0) is 35.9 Å². The van der Waals surface area contributed by atoms with E-state index >= 15 is 0 Å². The highest BCUT2D eigenvalue weighted by atomic mass is 19.1. The molecule has 1 aliphatic rings. The van der Waals surface area contributed by atoms with Gasteiger partial charge < -0.3 is 14.2 Å². The van der Waals surface area contributed by atoms with Crippen molar-refractivity contribution < 1.29 is 33.0 Å². The Morgan fingerprint density at radius 3 is 1.95 bits per heavy atom. The Labute approximate surface area is 237 Å². The maximum Gasteiger partial charge on any atom is 0.412 e. The van der Waals surface area contributed by atoms with Crippen molar-refractivity contribution in [2.75, 3.05) is 14.2 Å². The number of esters is 2. The number of carbonyl (C=O) groups is 3. The summed E-state index contributed by atoms with van der Waals surface area (Å²) in [6.07, 6.45) is -0.930. The number of nitrogens with zero attached hydrogens (tertiary/aromatic N) is 1. The van der Waals surface area contributed by atoms with Crippen molar-refractivity contribution in [1.29, 1.82) is 0 Å². The summed E-state index contributed by atoms with van der Waals surface area (Å²) in [6, 6.07) is 29.0. The van der Waals surface area contributed by atoms with Gasteiger partial charge in [-0.2, -0.15) is 0 Å². The van der Waals surface area contributed by atoms with Crippen LogP contribution in [0.1, 0.15) is 39.8 Å². The molecule has 0 aromatic heterocycles. The molecule has 0 spiro atoms. The summed E-state index contributed by atoms with van der Waals surface area (Å²) in [5, 5.41) is 0. The van der Waals surface area contributed by atoms with Crippen LogP contribution in [0.2, 0.25) is 0 Å². The fourth-order valence-electron chi connectivity index (χ4n) is 5.68. The SMILES string of the molecule is COC(=O)[C@@H]1c2ccccc2[C@@H](c2ccc(F)cc2)[C@](C(=O)OC)(c2ccccc2)N1C(=O)OCc1ccccc1. The smallest absolute Gasteiger partial charge is 0.412 e. The van der Waals surface area contributed by atoms with Gasteiger partial charge >= 0.3 is 18.0 Å². The molecule has 208 valence electrons. The van der Waals surface area contributed by atoms with Crippen molar-refractivity contribution in [3.63, 3.8) is 0 Å². The van der Waals surface area contributed by atoms with Crippen LogP contribution < -0.4 is 0 Å². The van der Waals surface area contributed by atoms with E-state index in [1.807, 2.05) is 18.2 Å². The molecule has 0 radical (unpaired) electrons. The number of benzene rings is 4. The highest BCUT2D eigenvalue weighted by molar-refractivity contribution is 5.94. The van der Waals surface area contributed by atoms with Gasteiger partial charge in [0.15, 0.2) is 11.6 Å². The number of ether oxygens (including phenoxy) is 3. The van der Waals surface area contributed by atoms with Gasteiger partial charge in [0, 0.05) is 5.92 Å². The minimum atomic E-state index is -1.95. The zero-order valence-corrected chi connectivity index (χ0v) is 22.5. The Kier molecular flexibility index (Phi) is 7.83. The minimum Gasteiger partial charge on any atom is -0.467 e. The molecule has 0 saturated heterocycles. The molecule has 8 heteroatoms. The highest BCUT2D eigenvalue weighted by Crippen LogP contribution is 2.55. The number of hydrogen-bond donors (Lipinski definition) is 0. The van der Waals surface area contributed by atoms with Crippen molar-refractivity contribution in [2.24, 2.45) is 0 Å². The summed E-state index contributed by atoms with van der Waals surface area (Å²) in [5.74, 6) is -2.96. The third kappa shape index (κ3) is 4.82. The van der Waals surface area contributed by atoms with E-state index in [4.69, 9.17) is 14.2 Å². The second-order valence-corrected chi connectivity index (χ2v) is 9.57. The molecule has 1 heterocycles. The summed E-state index contributed by atoms with van der Waals surface area (Å²) in [7, 11) is 2.43. The second kappa shape index (κ2) is 11.6. The largest absolute Gasteiger partial charge is 0.467 e. The molecule has 3 atom stereocenters. The van der Waals surface area contributed by atoms with Crippen LogP contribution >= 0.6 is 0 Å². The van der Waals surface area contributed by atoms with Crippen LogP contribution in [0.3, 0.4) is 0 Å². The average Bonchev–Trinajstić information content (AvgIpc) is 3.03. The van der Waals surface area contributed by atoms with E-state index in [2.05, 4.69) is 0 Å². The van der Waals surface area contributed by atoms with Crippen molar-refractivity contribution in [3.05, 3.63) is 143 Å². The molecule has 5 rings (SSSR count). The van der Waals surface area contributed by atoms with E-state index in [9.17, 15) is 18.8 Å². The topological polar surface area (TPSA) is 82.1 Å². The zero-order chi connectivity index (χ0) is 29.0. The molecular formula is C33H28FNO6. The van der Waals surface area contributed by atoms with Crippen molar-refractivity contribution in [3.8, 4) is 0 Å². The lowest BCUT2D eigenvalue weighted by Crippen LogP contribution is -2.63. The fraction of sp³-hybridized carbons (Fsp3) is 0.182. The van der Waals surface area contributed by atoms with Crippen LogP contribution in [0.25, 0.3) is 0 Å². The lowest BCUT2D eigenvalue weighted by atomic mass is 9.65. The molecule has 4 aromatic carbocycles. The van der Waals surface area contributed by atoms with Gasteiger partial charge in [-0.05, 0) is 39.9 Å². The summed E-state index contributed by atoms with van der Waals surface area (Å²) in [6.45, 7) is -0.112. The predicted molar refractivity (Wildman–Crippen MR) is 148 cm³/mol. The standard InChI is InChI=1S/C33H28FNO6/c1-39-30(36)29-27-16-10-9-15-26(27)28(23-17-19-25(34)20-18-23)33(31(37)40-2,24-13-7-4-8-14-24)35(29)32(38)41-21-22-11-5-3-6-12-22/h3-20,28-29H,21H2,1-2H3/t28-,29+,33+/m1/s1. The van der Waals surface area contributed by atoms with Gasteiger partial charge in [0.05, 0.1) is 14.2 Å². The fourth-order valence-corrected chi connectivity index (χ4v) is 5.68. The Balaban J connectivity index is 1.84. The first-order chi connectivity index (χ1) is 19.9. The van der Waals surface area contributed by atoms with Crippen LogP contribution in [-0.4, -0.2) is 37.2 Å². The number of halogens is 1. The van der Waals surface area contributed by atoms with Crippen LogP contribution in [0, 0.1) is 5.82 Å². The molecular weight excluding hydrogens is 525 g/mol. The monoisotopic (exact) mass is 553 g/mol. The molecule has 4 aromatic rings. The van der Waals surface area contributed by atoms with Gasteiger partial charge in [-0.15, -0.1) is 0 Å². The van der Waals surface area contributed by atoms with Gasteiger partial charge in [-0.3, -0.25) is 4.90 Å². The zero-order valence-electron chi connectivity index (χ0n) is 22.5. The number of carbonyl (C=O) groups excluding carboxylic acids is 3. The van der Waals surface area contributed by atoms with Gasteiger partial charge in [0.2, 0.25) is 0 Å². The van der Waals surface area contributed by atoms with E-state index in [1.54, 1.807) is 78.9 Å². The Hall–Kier alpha value is -4.98. The van der Waals surface area contributed by atoms with Crippen molar-refractivity contribution in [2.45, 2.75) is 24.1 Å². The maximum absolute atomic E-state index is 14.3. The van der Waals surface area contributed by atoms with Crippen LogP contribution in [0.5, 0.6) is 0 Å². The highest BCUT2D eigenvalue weighted by Gasteiger charge is 2.63. The molecule has 0 N–H and O–H groups in total. The number of rotatable bonds is 6. The molecule has 0 saturated carbocycles. The third-order valence-corrected chi connectivity index (χ3v) is 7.40.